The SMILES string of the molecule is O=C(Cc1cccc2ccccc12)NCC(=O)N1CCC[C@H](C(=O)O)C1. The molecule has 0 spiro atoms. The van der Waals surface area contributed by atoms with Crippen LogP contribution in [-0.2, 0) is 20.8 Å². The maximum absolute atomic E-state index is 12.3. The third-order valence-corrected chi connectivity index (χ3v) is 4.79. The molecular weight excluding hydrogens is 332 g/mol. The van der Waals surface area contributed by atoms with Crippen molar-refractivity contribution < 1.29 is 19.5 Å². The first-order valence-electron chi connectivity index (χ1n) is 8.78. The number of likely N-dealkylation sites (tertiary alicyclic amines) is 1. The lowest BCUT2D eigenvalue weighted by Crippen LogP contribution is -2.46. The molecule has 1 heterocycles. The molecule has 26 heavy (non-hydrogen) atoms. The minimum Gasteiger partial charge on any atom is -0.481 e. The summed E-state index contributed by atoms with van der Waals surface area (Å²) < 4.78 is 0. The Kier molecular flexibility index (Phi) is 5.51. The number of piperidine rings is 1. The van der Waals surface area contributed by atoms with Crippen molar-refractivity contribution in [3.05, 3.63) is 48.0 Å². The predicted octanol–water partition coefficient (Wildman–Crippen LogP) is 1.82. The maximum Gasteiger partial charge on any atom is 0.308 e. The highest BCUT2D eigenvalue weighted by atomic mass is 16.4. The lowest BCUT2D eigenvalue weighted by Gasteiger charge is -2.30. The molecular formula is C20H22N2O4. The van der Waals surface area contributed by atoms with E-state index in [2.05, 4.69) is 5.32 Å². The first-order chi connectivity index (χ1) is 12.5. The Morgan fingerprint density at radius 2 is 1.88 bits per heavy atom. The van der Waals surface area contributed by atoms with Gasteiger partial charge in [0.2, 0.25) is 11.8 Å². The Morgan fingerprint density at radius 3 is 2.69 bits per heavy atom. The van der Waals surface area contributed by atoms with Crippen LogP contribution in [0, 0.1) is 5.92 Å². The summed E-state index contributed by atoms with van der Waals surface area (Å²) in [5.74, 6) is -1.84. The molecule has 1 aliphatic rings. The Labute approximate surface area is 151 Å². The molecule has 2 N–H and O–H groups in total. The fourth-order valence-corrected chi connectivity index (χ4v) is 3.37. The number of fused-ring (bicyclic) bond motifs is 1. The molecule has 2 aromatic rings. The molecule has 136 valence electrons. The van der Waals surface area contributed by atoms with Crippen LogP contribution in [0.15, 0.2) is 42.5 Å². The number of nitrogens with zero attached hydrogens (tertiary/aromatic N) is 1. The summed E-state index contributed by atoms with van der Waals surface area (Å²) in [6, 6.07) is 13.7. The van der Waals surface area contributed by atoms with E-state index in [4.69, 9.17) is 5.11 Å². The summed E-state index contributed by atoms with van der Waals surface area (Å²) in [6.07, 6.45) is 1.46. The second kappa shape index (κ2) is 7.99. The van der Waals surface area contributed by atoms with Crippen LogP contribution in [0.25, 0.3) is 10.8 Å². The number of hydrogen-bond donors (Lipinski definition) is 2. The second-order valence-electron chi connectivity index (χ2n) is 6.61. The number of carbonyl (C=O) groups excluding carboxylic acids is 2. The zero-order valence-corrected chi connectivity index (χ0v) is 14.5. The molecule has 2 amide bonds. The van der Waals surface area contributed by atoms with Crippen LogP contribution in [-0.4, -0.2) is 47.4 Å². The minimum absolute atomic E-state index is 0.101. The van der Waals surface area contributed by atoms with Gasteiger partial charge in [0.25, 0.3) is 0 Å². The van der Waals surface area contributed by atoms with Crippen LogP contribution < -0.4 is 5.32 Å². The molecule has 0 radical (unpaired) electrons. The minimum atomic E-state index is -0.873. The number of hydrogen-bond acceptors (Lipinski definition) is 3. The Morgan fingerprint density at radius 1 is 1.12 bits per heavy atom. The smallest absolute Gasteiger partial charge is 0.308 e. The largest absolute Gasteiger partial charge is 0.481 e. The van der Waals surface area contributed by atoms with E-state index in [1.54, 1.807) is 0 Å². The highest BCUT2D eigenvalue weighted by molar-refractivity contribution is 5.91. The van der Waals surface area contributed by atoms with E-state index in [0.717, 1.165) is 16.3 Å². The summed E-state index contributed by atoms with van der Waals surface area (Å²) in [6.45, 7) is 0.658. The third kappa shape index (κ3) is 4.20. The molecule has 0 aromatic heterocycles. The molecule has 0 unspecified atom stereocenters. The molecule has 6 heteroatoms. The van der Waals surface area contributed by atoms with Crippen molar-refractivity contribution in [1.82, 2.24) is 10.2 Å². The van der Waals surface area contributed by atoms with Gasteiger partial charge in [-0.05, 0) is 29.2 Å². The van der Waals surface area contributed by atoms with Gasteiger partial charge in [-0.25, -0.2) is 0 Å². The molecule has 0 saturated carbocycles. The monoisotopic (exact) mass is 354 g/mol. The van der Waals surface area contributed by atoms with Crippen LogP contribution in [0.3, 0.4) is 0 Å². The summed E-state index contributed by atoms with van der Waals surface area (Å²) in [4.78, 5) is 37.1. The van der Waals surface area contributed by atoms with Gasteiger partial charge in [0.15, 0.2) is 0 Å². The molecule has 6 nitrogen and oxygen atoms in total. The molecule has 0 bridgehead atoms. The van der Waals surface area contributed by atoms with Crippen LogP contribution >= 0.6 is 0 Å². The van der Waals surface area contributed by atoms with Gasteiger partial charge in [-0.1, -0.05) is 42.5 Å². The normalized spacial score (nSPS) is 17.1. The number of carbonyl (C=O) groups is 3. The van der Waals surface area contributed by atoms with Crippen molar-refractivity contribution in [2.24, 2.45) is 5.92 Å². The van der Waals surface area contributed by atoms with E-state index in [-0.39, 0.29) is 31.3 Å². The van der Waals surface area contributed by atoms with Crippen molar-refractivity contribution in [3.8, 4) is 0 Å². The maximum atomic E-state index is 12.3. The molecule has 1 atom stereocenters. The molecule has 1 saturated heterocycles. The van der Waals surface area contributed by atoms with E-state index >= 15 is 0 Å². The fraction of sp³-hybridized carbons (Fsp3) is 0.350. The van der Waals surface area contributed by atoms with Gasteiger partial charge >= 0.3 is 5.97 Å². The van der Waals surface area contributed by atoms with E-state index in [9.17, 15) is 14.4 Å². The van der Waals surface area contributed by atoms with Crippen molar-refractivity contribution in [3.63, 3.8) is 0 Å². The fourth-order valence-electron chi connectivity index (χ4n) is 3.37. The topological polar surface area (TPSA) is 86.7 Å². The van der Waals surface area contributed by atoms with E-state index in [1.807, 2.05) is 42.5 Å². The summed E-state index contributed by atoms with van der Waals surface area (Å²) in [7, 11) is 0. The van der Waals surface area contributed by atoms with E-state index in [1.165, 1.54) is 4.90 Å². The lowest BCUT2D eigenvalue weighted by atomic mass is 9.98. The zero-order valence-electron chi connectivity index (χ0n) is 14.5. The Hall–Kier alpha value is -2.89. The van der Waals surface area contributed by atoms with Crippen molar-refractivity contribution in [2.45, 2.75) is 19.3 Å². The molecule has 0 aliphatic carbocycles. The summed E-state index contributed by atoms with van der Waals surface area (Å²) in [5.41, 5.74) is 0.914. The van der Waals surface area contributed by atoms with Crippen molar-refractivity contribution >= 4 is 28.6 Å². The highest BCUT2D eigenvalue weighted by Crippen LogP contribution is 2.19. The number of amides is 2. The van der Waals surface area contributed by atoms with Crippen molar-refractivity contribution in [1.29, 1.82) is 0 Å². The van der Waals surface area contributed by atoms with E-state index in [0.29, 0.717) is 19.4 Å². The molecule has 2 aromatic carbocycles. The average Bonchev–Trinajstić information content (AvgIpc) is 2.66. The van der Waals surface area contributed by atoms with Crippen molar-refractivity contribution in [2.75, 3.05) is 19.6 Å². The van der Waals surface area contributed by atoms with Gasteiger partial charge < -0.3 is 15.3 Å². The van der Waals surface area contributed by atoms with Gasteiger partial charge in [0.1, 0.15) is 0 Å². The van der Waals surface area contributed by atoms with Crippen LogP contribution in [0.5, 0.6) is 0 Å². The number of benzene rings is 2. The summed E-state index contributed by atoms with van der Waals surface area (Å²) in [5, 5.41) is 13.9. The molecule has 3 rings (SSSR count). The third-order valence-electron chi connectivity index (χ3n) is 4.79. The number of aliphatic carboxylic acids is 1. The zero-order chi connectivity index (χ0) is 18.5. The highest BCUT2D eigenvalue weighted by Gasteiger charge is 2.28. The van der Waals surface area contributed by atoms with Gasteiger partial charge in [-0.3, -0.25) is 14.4 Å². The van der Waals surface area contributed by atoms with Crippen LogP contribution in [0.4, 0.5) is 0 Å². The van der Waals surface area contributed by atoms with Gasteiger partial charge in [0.05, 0.1) is 18.9 Å². The number of nitrogens with one attached hydrogen (secondary N) is 1. The number of rotatable bonds is 5. The predicted molar refractivity (Wildman–Crippen MR) is 97.6 cm³/mol. The average molecular weight is 354 g/mol. The second-order valence-corrected chi connectivity index (χ2v) is 6.61. The Bertz CT molecular complexity index is 828. The van der Waals surface area contributed by atoms with Gasteiger partial charge in [-0.2, -0.15) is 0 Å². The first-order valence-corrected chi connectivity index (χ1v) is 8.78. The van der Waals surface area contributed by atoms with Gasteiger partial charge in [-0.15, -0.1) is 0 Å². The number of carboxylic acid groups (broad SMARTS) is 1. The summed E-state index contributed by atoms with van der Waals surface area (Å²) >= 11 is 0. The number of carboxylic acids is 1. The van der Waals surface area contributed by atoms with Crippen LogP contribution in [0.2, 0.25) is 0 Å². The molecule has 1 fully saturated rings. The van der Waals surface area contributed by atoms with Crippen LogP contribution in [0.1, 0.15) is 18.4 Å². The Balaban J connectivity index is 1.55. The standard InChI is InChI=1S/C20H22N2O4/c23-18(11-15-7-3-6-14-5-1-2-9-17(14)15)21-12-19(24)22-10-4-8-16(13-22)20(25)26/h1-3,5-7,9,16H,4,8,10-13H2,(H,21,23)(H,25,26)/t16-/m0/s1. The van der Waals surface area contributed by atoms with Gasteiger partial charge in [0, 0.05) is 13.1 Å². The van der Waals surface area contributed by atoms with E-state index < -0.39 is 11.9 Å². The molecule has 1 aliphatic heterocycles. The quantitative estimate of drug-likeness (QED) is 0.857. The first kappa shape index (κ1) is 17.9. The lowest BCUT2D eigenvalue weighted by molar-refractivity contribution is -0.145.